The van der Waals surface area contributed by atoms with E-state index < -0.39 is 0 Å². The molecule has 0 saturated carbocycles. The van der Waals surface area contributed by atoms with Crippen molar-refractivity contribution in [3.8, 4) is 11.1 Å². The maximum atomic E-state index is 6.31. The number of aryl methyl sites for hydroxylation is 2. The maximum Gasteiger partial charge on any atom is 0.0907 e. The second-order valence-electron chi connectivity index (χ2n) is 4.56. The van der Waals surface area contributed by atoms with Gasteiger partial charge in [0.2, 0.25) is 0 Å². The zero-order valence-corrected chi connectivity index (χ0v) is 13.9. The zero-order chi connectivity index (χ0) is 14.4. The van der Waals surface area contributed by atoms with E-state index in [9.17, 15) is 0 Å². The Hall–Kier alpha value is -0.800. The van der Waals surface area contributed by atoms with E-state index in [1.807, 2.05) is 19.9 Å². The SMILES string of the molecule is Cc1nc2c(C)c(-c3c(Cl)cc(Cl)cc3Cl)ccc2s1. The Labute approximate surface area is 136 Å². The summed E-state index contributed by atoms with van der Waals surface area (Å²) < 4.78 is 1.17. The minimum absolute atomic E-state index is 0.534. The van der Waals surface area contributed by atoms with Crippen molar-refractivity contribution >= 4 is 56.4 Å². The maximum absolute atomic E-state index is 6.31. The van der Waals surface area contributed by atoms with Crippen molar-refractivity contribution in [3.05, 3.63) is 49.9 Å². The highest BCUT2D eigenvalue weighted by atomic mass is 35.5. The van der Waals surface area contributed by atoms with Crippen molar-refractivity contribution in [2.24, 2.45) is 0 Å². The van der Waals surface area contributed by atoms with Crippen LogP contribution >= 0.6 is 46.1 Å². The molecule has 0 N–H and O–H groups in total. The van der Waals surface area contributed by atoms with Crippen LogP contribution in [0.5, 0.6) is 0 Å². The van der Waals surface area contributed by atoms with E-state index in [1.165, 1.54) is 4.70 Å². The number of aromatic nitrogens is 1. The summed E-state index contributed by atoms with van der Waals surface area (Å²) in [5.41, 5.74) is 3.89. The topological polar surface area (TPSA) is 12.9 Å². The van der Waals surface area contributed by atoms with Gasteiger partial charge in [-0.25, -0.2) is 4.98 Å². The molecule has 0 spiro atoms. The van der Waals surface area contributed by atoms with Gasteiger partial charge in [-0.15, -0.1) is 11.3 Å². The van der Waals surface area contributed by atoms with E-state index in [1.54, 1.807) is 23.5 Å². The van der Waals surface area contributed by atoms with Crippen molar-refractivity contribution in [2.75, 3.05) is 0 Å². The normalized spacial score (nSPS) is 11.2. The summed E-state index contributed by atoms with van der Waals surface area (Å²) in [5, 5.41) is 2.69. The number of hydrogen-bond acceptors (Lipinski definition) is 2. The van der Waals surface area contributed by atoms with Crippen molar-refractivity contribution in [2.45, 2.75) is 13.8 Å². The van der Waals surface area contributed by atoms with E-state index in [-0.39, 0.29) is 0 Å². The Morgan fingerprint density at radius 1 is 1.00 bits per heavy atom. The molecule has 2 aromatic carbocycles. The van der Waals surface area contributed by atoms with Crippen molar-refractivity contribution < 1.29 is 0 Å². The molecule has 0 aliphatic heterocycles. The minimum Gasteiger partial charge on any atom is -0.241 e. The summed E-state index contributed by atoms with van der Waals surface area (Å²) >= 11 is 20.3. The van der Waals surface area contributed by atoms with E-state index in [0.717, 1.165) is 27.2 Å². The van der Waals surface area contributed by atoms with Crippen molar-refractivity contribution in [1.82, 2.24) is 4.98 Å². The predicted octanol–water partition coefficient (Wildman–Crippen LogP) is 6.54. The van der Waals surface area contributed by atoms with Gasteiger partial charge in [0.25, 0.3) is 0 Å². The van der Waals surface area contributed by atoms with Crippen LogP contribution in [0.1, 0.15) is 10.6 Å². The molecule has 3 aromatic rings. The molecule has 0 saturated heterocycles. The van der Waals surface area contributed by atoms with Crippen molar-refractivity contribution in [3.63, 3.8) is 0 Å². The van der Waals surface area contributed by atoms with E-state index in [4.69, 9.17) is 34.8 Å². The fraction of sp³-hybridized carbons (Fsp3) is 0.133. The molecule has 0 aliphatic rings. The molecular formula is C15H10Cl3NS. The van der Waals surface area contributed by atoms with E-state index in [2.05, 4.69) is 11.1 Å². The Bertz CT molecular complexity index is 800. The molecule has 0 radical (unpaired) electrons. The molecule has 20 heavy (non-hydrogen) atoms. The molecule has 0 aliphatic carbocycles. The molecule has 0 unspecified atom stereocenters. The van der Waals surface area contributed by atoms with Crippen LogP contribution < -0.4 is 0 Å². The van der Waals surface area contributed by atoms with Gasteiger partial charge in [0.15, 0.2) is 0 Å². The van der Waals surface area contributed by atoms with Gasteiger partial charge in [-0.3, -0.25) is 0 Å². The van der Waals surface area contributed by atoms with Gasteiger partial charge in [-0.1, -0.05) is 40.9 Å². The molecule has 102 valence electrons. The highest BCUT2D eigenvalue weighted by Crippen LogP contribution is 2.40. The molecule has 1 aromatic heterocycles. The number of thiazole rings is 1. The average molecular weight is 343 g/mol. The summed E-state index contributed by atoms with van der Waals surface area (Å²) in [6.07, 6.45) is 0. The first-order valence-electron chi connectivity index (χ1n) is 5.99. The number of benzene rings is 2. The Morgan fingerprint density at radius 2 is 1.65 bits per heavy atom. The Balaban J connectivity index is 2.32. The van der Waals surface area contributed by atoms with E-state index in [0.29, 0.717) is 15.1 Å². The minimum atomic E-state index is 0.534. The fourth-order valence-corrected chi connectivity index (χ4v) is 4.21. The number of nitrogens with zero attached hydrogens (tertiary/aromatic N) is 1. The van der Waals surface area contributed by atoms with E-state index >= 15 is 0 Å². The van der Waals surface area contributed by atoms with Crippen LogP contribution in [0.3, 0.4) is 0 Å². The molecule has 1 nitrogen and oxygen atoms in total. The third kappa shape index (κ3) is 2.31. The molecule has 1 heterocycles. The summed E-state index contributed by atoms with van der Waals surface area (Å²) in [6.45, 7) is 4.05. The number of halogens is 3. The average Bonchev–Trinajstić information content (AvgIpc) is 2.72. The number of hydrogen-bond donors (Lipinski definition) is 0. The van der Waals surface area contributed by atoms with Crippen LogP contribution in [0.15, 0.2) is 24.3 Å². The summed E-state index contributed by atoms with van der Waals surface area (Å²) in [4.78, 5) is 4.58. The third-order valence-electron chi connectivity index (χ3n) is 3.20. The lowest BCUT2D eigenvalue weighted by Gasteiger charge is -2.11. The fourth-order valence-electron chi connectivity index (χ4n) is 2.31. The number of rotatable bonds is 1. The second-order valence-corrected chi connectivity index (χ2v) is 7.05. The summed E-state index contributed by atoms with van der Waals surface area (Å²) in [7, 11) is 0. The smallest absolute Gasteiger partial charge is 0.0907 e. The Kier molecular flexibility index (Phi) is 3.67. The second kappa shape index (κ2) is 5.19. The van der Waals surface area contributed by atoms with Crippen LogP contribution in [-0.4, -0.2) is 4.98 Å². The van der Waals surface area contributed by atoms with Crippen LogP contribution in [0.4, 0.5) is 0 Å². The quantitative estimate of drug-likeness (QED) is 0.489. The molecule has 0 atom stereocenters. The molecule has 0 bridgehead atoms. The standard InChI is InChI=1S/C15H10Cl3NS/c1-7-10(3-4-13-15(7)19-8(2)20-13)14-11(17)5-9(16)6-12(14)18/h3-6H,1-2H3. The van der Waals surface area contributed by atoms with Crippen molar-refractivity contribution in [1.29, 1.82) is 0 Å². The third-order valence-corrected chi connectivity index (χ3v) is 4.95. The highest BCUT2D eigenvalue weighted by Gasteiger charge is 2.15. The lowest BCUT2D eigenvalue weighted by Crippen LogP contribution is -1.88. The molecule has 0 fully saturated rings. The lowest BCUT2D eigenvalue weighted by atomic mass is 9.99. The number of fused-ring (bicyclic) bond motifs is 1. The summed E-state index contributed by atoms with van der Waals surface area (Å²) in [5.74, 6) is 0. The summed E-state index contributed by atoms with van der Waals surface area (Å²) in [6, 6.07) is 7.51. The van der Waals surface area contributed by atoms with Gasteiger partial charge in [0.1, 0.15) is 0 Å². The zero-order valence-electron chi connectivity index (χ0n) is 10.8. The largest absolute Gasteiger partial charge is 0.241 e. The molecule has 3 rings (SSSR count). The van der Waals surface area contributed by atoms with Gasteiger partial charge in [0, 0.05) is 10.6 Å². The van der Waals surface area contributed by atoms with Crippen LogP contribution in [-0.2, 0) is 0 Å². The van der Waals surface area contributed by atoms with Gasteiger partial charge >= 0.3 is 0 Å². The van der Waals surface area contributed by atoms with Crippen LogP contribution in [0, 0.1) is 13.8 Å². The first kappa shape index (κ1) is 14.2. The van der Waals surface area contributed by atoms with Crippen LogP contribution in [0.25, 0.3) is 21.3 Å². The Morgan fingerprint density at radius 3 is 2.30 bits per heavy atom. The molecule has 0 amide bonds. The van der Waals surface area contributed by atoms with Gasteiger partial charge in [0.05, 0.1) is 25.3 Å². The van der Waals surface area contributed by atoms with Gasteiger partial charge in [-0.05, 0) is 43.2 Å². The first-order chi connectivity index (χ1) is 9.47. The molecule has 5 heteroatoms. The van der Waals surface area contributed by atoms with Gasteiger partial charge < -0.3 is 0 Å². The molecular weight excluding hydrogens is 333 g/mol. The highest BCUT2D eigenvalue weighted by molar-refractivity contribution is 7.18. The monoisotopic (exact) mass is 341 g/mol. The first-order valence-corrected chi connectivity index (χ1v) is 7.94. The lowest BCUT2D eigenvalue weighted by molar-refractivity contribution is 1.32. The van der Waals surface area contributed by atoms with Crippen LogP contribution in [0.2, 0.25) is 15.1 Å². The van der Waals surface area contributed by atoms with Gasteiger partial charge in [-0.2, -0.15) is 0 Å². The predicted molar refractivity (Wildman–Crippen MR) is 89.6 cm³/mol.